The minimum Gasteiger partial charge on any atom is -0.444 e. The van der Waals surface area contributed by atoms with Gasteiger partial charge in [0.1, 0.15) is 11.6 Å². The van der Waals surface area contributed by atoms with E-state index in [9.17, 15) is 27.6 Å². The Balaban J connectivity index is 0.976. The fraction of sp³-hybridized carbons (Fsp3) is 0.442. The number of amides is 3. The highest BCUT2D eigenvalue weighted by molar-refractivity contribution is 5.91. The van der Waals surface area contributed by atoms with E-state index in [4.69, 9.17) is 4.74 Å². The number of aromatic nitrogens is 9. The van der Waals surface area contributed by atoms with Gasteiger partial charge in [-0.25, -0.2) is 9.78 Å². The number of hydrogen-bond acceptors (Lipinski definition) is 9. The van der Waals surface area contributed by atoms with Gasteiger partial charge in [0.15, 0.2) is 11.3 Å². The summed E-state index contributed by atoms with van der Waals surface area (Å²) in [6.45, 7) is 9.12. The quantitative estimate of drug-likeness (QED) is 0.168. The van der Waals surface area contributed by atoms with E-state index in [1.807, 2.05) is 43.6 Å². The number of hydrogen-bond donors (Lipinski definition) is 2. The predicted octanol–water partition coefficient (Wildman–Crippen LogP) is 5.62. The summed E-state index contributed by atoms with van der Waals surface area (Å²) in [7, 11) is 3.60. The first-order chi connectivity index (χ1) is 29.2. The molecule has 326 valence electrons. The van der Waals surface area contributed by atoms with Crippen LogP contribution in [0.15, 0.2) is 67.4 Å². The van der Waals surface area contributed by atoms with E-state index in [2.05, 4.69) is 36.0 Å². The largest absolute Gasteiger partial charge is 0.444 e. The van der Waals surface area contributed by atoms with Crippen LogP contribution in [0.4, 0.5) is 18.0 Å². The lowest BCUT2D eigenvalue weighted by Crippen LogP contribution is -2.55. The minimum atomic E-state index is -4.77. The van der Waals surface area contributed by atoms with Crippen molar-refractivity contribution < 1.29 is 32.3 Å². The van der Waals surface area contributed by atoms with Gasteiger partial charge in [0, 0.05) is 68.1 Å². The Labute approximate surface area is 355 Å². The number of rotatable bonds is 11. The summed E-state index contributed by atoms with van der Waals surface area (Å²) < 4.78 is 54.4. The van der Waals surface area contributed by atoms with Crippen LogP contribution in [-0.2, 0) is 60.7 Å². The molecule has 1 aliphatic heterocycles. The van der Waals surface area contributed by atoms with Gasteiger partial charge < -0.3 is 20.3 Å². The molecule has 5 aromatic heterocycles. The van der Waals surface area contributed by atoms with Crippen molar-refractivity contribution in [3.05, 3.63) is 89.9 Å². The molecule has 1 aromatic carbocycles. The fourth-order valence-corrected chi connectivity index (χ4v) is 7.94. The Kier molecular flexibility index (Phi) is 10.7. The van der Waals surface area contributed by atoms with E-state index >= 15 is 0 Å². The topological polar surface area (TPSA) is 172 Å². The molecular formula is C43H49F3N12O4. The molecule has 3 amide bonds. The number of halogens is 3. The standard InChI is InChI=1S/C43H49F3N12O4/c1-41(2,3)62-40(61)56-12-13-57-35(23-56)32(20-49-57)34-17-36(43(44,45)46)52-58(34)24-42(4,5)51-39(60)33(14-25-18-48-54(6)21-25)50-38(59)31-16-30(31)27-10-8-26(9-11-27)28-15-29-22-55(7)53-37(29)47-19-28/h8-11,15,17-22,30-31,33H,12-14,16,23-24H2,1-7H3,(H,50,59)(H,51,60)/t30-,31+,33-/m1/s1. The number of fused-ring (bicyclic) bond motifs is 2. The molecule has 0 unspecified atom stereocenters. The number of benzene rings is 1. The van der Waals surface area contributed by atoms with Crippen molar-refractivity contribution in [1.82, 2.24) is 59.6 Å². The van der Waals surface area contributed by atoms with Crippen molar-refractivity contribution in [3.8, 4) is 22.4 Å². The number of aryl methyl sites for hydroxylation is 2. The SMILES string of the molecule is Cn1cc(C[C@@H](NC(=O)[C@H]2C[C@@H]2c2ccc(-c3cnc4nn(C)cc4c3)cc2)C(=O)NC(C)(C)Cn2nc(C(F)(F)F)cc2-c2cnn3c2CN(C(=O)OC(C)(C)C)CC3)cn1. The van der Waals surface area contributed by atoms with Crippen LogP contribution >= 0.6 is 0 Å². The minimum absolute atomic E-state index is 0.0339. The van der Waals surface area contributed by atoms with Gasteiger partial charge in [-0.1, -0.05) is 24.3 Å². The molecule has 2 aliphatic rings. The first-order valence-electron chi connectivity index (χ1n) is 20.4. The zero-order valence-electron chi connectivity index (χ0n) is 35.6. The molecule has 16 nitrogen and oxygen atoms in total. The van der Waals surface area contributed by atoms with Gasteiger partial charge in [-0.05, 0) is 75.8 Å². The molecule has 6 aromatic rings. The van der Waals surface area contributed by atoms with E-state index in [0.29, 0.717) is 42.0 Å². The molecule has 1 aliphatic carbocycles. The average molecular weight is 855 g/mol. The van der Waals surface area contributed by atoms with Gasteiger partial charge in [-0.3, -0.25) is 28.3 Å². The van der Waals surface area contributed by atoms with Gasteiger partial charge in [0.25, 0.3) is 0 Å². The van der Waals surface area contributed by atoms with Crippen LogP contribution in [-0.4, -0.2) is 90.6 Å². The maximum atomic E-state index is 14.2. The van der Waals surface area contributed by atoms with Crippen molar-refractivity contribution in [1.29, 1.82) is 0 Å². The summed E-state index contributed by atoms with van der Waals surface area (Å²) >= 11 is 0. The molecule has 2 N–H and O–H groups in total. The molecule has 0 spiro atoms. The van der Waals surface area contributed by atoms with Crippen LogP contribution < -0.4 is 10.6 Å². The fourth-order valence-electron chi connectivity index (χ4n) is 7.94. The lowest BCUT2D eigenvalue weighted by atomic mass is 10.0. The molecule has 8 rings (SSSR count). The van der Waals surface area contributed by atoms with Crippen molar-refractivity contribution in [3.63, 3.8) is 0 Å². The summed E-state index contributed by atoms with van der Waals surface area (Å²) in [5, 5.41) is 23.8. The van der Waals surface area contributed by atoms with Crippen LogP contribution in [0.1, 0.15) is 69.5 Å². The third-order valence-electron chi connectivity index (χ3n) is 11.0. The summed E-state index contributed by atoms with van der Waals surface area (Å²) in [6.07, 6.45) is 3.97. The highest BCUT2D eigenvalue weighted by atomic mass is 19.4. The maximum Gasteiger partial charge on any atom is 0.435 e. The monoisotopic (exact) mass is 854 g/mol. The second-order valence-corrected chi connectivity index (χ2v) is 17.9. The molecule has 1 saturated carbocycles. The zero-order chi connectivity index (χ0) is 44.3. The summed E-state index contributed by atoms with van der Waals surface area (Å²) in [5.74, 6) is -1.18. The van der Waals surface area contributed by atoms with Crippen molar-refractivity contribution in [2.45, 2.75) is 96.4 Å². The average Bonchev–Trinajstić information content (AvgIpc) is 3.46. The Bertz CT molecular complexity index is 2650. The van der Waals surface area contributed by atoms with Crippen LogP contribution in [0.2, 0.25) is 0 Å². The van der Waals surface area contributed by atoms with Crippen LogP contribution in [0.5, 0.6) is 0 Å². The van der Waals surface area contributed by atoms with Crippen LogP contribution in [0.3, 0.4) is 0 Å². The summed E-state index contributed by atoms with van der Waals surface area (Å²) in [5.41, 5.74) is 2.29. The highest BCUT2D eigenvalue weighted by Gasteiger charge is 2.45. The van der Waals surface area contributed by atoms with Crippen LogP contribution in [0.25, 0.3) is 33.4 Å². The molecule has 62 heavy (non-hydrogen) atoms. The lowest BCUT2D eigenvalue weighted by molar-refractivity contribution is -0.141. The number of carbonyl (C=O) groups excluding carboxylic acids is 3. The van der Waals surface area contributed by atoms with Gasteiger partial charge >= 0.3 is 12.3 Å². The van der Waals surface area contributed by atoms with Crippen molar-refractivity contribution >= 4 is 28.9 Å². The van der Waals surface area contributed by atoms with E-state index in [1.165, 1.54) is 15.8 Å². The first kappa shape index (κ1) is 42.2. The molecule has 0 bridgehead atoms. The second kappa shape index (κ2) is 15.7. The van der Waals surface area contributed by atoms with E-state index in [0.717, 1.165) is 28.1 Å². The smallest absolute Gasteiger partial charge is 0.435 e. The number of ether oxygens (including phenoxy) is 1. The molecule has 6 heterocycles. The zero-order valence-corrected chi connectivity index (χ0v) is 35.6. The Morgan fingerprint density at radius 1 is 0.903 bits per heavy atom. The third-order valence-corrected chi connectivity index (χ3v) is 11.0. The Morgan fingerprint density at radius 2 is 1.66 bits per heavy atom. The highest BCUT2D eigenvalue weighted by Crippen LogP contribution is 2.48. The van der Waals surface area contributed by atoms with Gasteiger partial charge in [0.2, 0.25) is 11.8 Å². The summed E-state index contributed by atoms with van der Waals surface area (Å²) in [4.78, 5) is 46.9. The molecule has 0 radical (unpaired) electrons. The molecule has 19 heteroatoms. The first-order valence-corrected chi connectivity index (χ1v) is 20.4. The molecule has 3 atom stereocenters. The maximum absolute atomic E-state index is 14.2. The van der Waals surface area contributed by atoms with Crippen molar-refractivity contribution in [2.24, 2.45) is 20.0 Å². The molecule has 1 fully saturated rings. The number of alkyl halides is 3. The van der Waals surface area contributed by atoms with Crippen LogP contribution in [0, 0.1) is 5.92 Å². The van der Waals surface area contributed by atoms with E-state index < -0.39 is 41.1 Å². The lowest BCUT2D eigenvalue weighted by Gasteiger charge is -2.31. The molecular weight excluding hydrogens is 806 g/mol. The summed E-state index contributed by atoms with van der Waals surface area (Å²) in [6, 6.07) is 9.99. The third kappa shape index (κ3) is 9.20. The predicted molar refractivity (Wildman–Crippen MR) is 221 cm³/mol. The Hall–Kier alpha value is -6.53. The van der Waals surface area contributed by atoms with E-state index in [1.54, 1.807) is 74.3 Å². The van der Waals surface area contributed by atoms with Gasteiger partial charge in [-0.2, -0.15) is 33.6 Å². The molecule has 0 saturated heterocycles. The normalized spacial score (nSPS) is 17.2. The number of nitrogens with one attached hydrogen (secondary N) is 2. The van der Waals surface area contributed by atoms with Crippen molar-refractivity contribution in [2.75, 3.05) is 6.54 Å². The van der Waals surface area contributed by atoms with Gasteiger partial charge in [-0.15, -0.1) is 0 Å². The van der Waals surface area contributed by atoms with E-state index in [-0.39, 0.29) is 42.9 Å². The Morgan fingerprint density at radius 3 is 2.35 bits per heavy atom. The number of carbonyl (C=O) groups is 3. The second-order valence-electron chi connectivity index (χ2n) is 17.9. The van der Waals surface area contributed by atoms with Gasteiger partial charge in [0.05, 0.1) is 49.0 Å². The number of nitrogens with zero attached hydrogens (tertiary/aromatic N) is 10. The number of pyridine rings is 1.